The highest BCUT2D eigenvalue weighted by atomic mass is 15.4. The van der Waals surface area contributed by atoms with Gasteiger partial charge in [-0.1, -0.05) is 0 Å². The molecule has 106 valence electrons. The lowest BCUT2D eigenvalue weighted by Crippen LogP contribution is -2.69. The summed E-state index contributed by atoms with van der Waals surface area (Å²) in [6.07, 6.45) is 3.93. The molecule has 0 bridgehead atoms. The van der Waals surface area contributed by atoms with Crippen LogP contribution in [0.15, 0.2) is 0 Å². The van der Waals surface area contributed by atoms with Crippen molar-refractivity contribution in [2.45, 2.75) is 64.2 Å². The van der Waals surface area contributed by atoms with Crippen LogP contribution in [0.5, 0.6) is 0 Å². The van der Waals surface area contributed by atoms with Crippen molar-refractivity contribution in [1.29, 1.82) is 0 Å². The molecule has 2 heterocycles. The summed E-state index contributed by atoms with van der Waals surface area (Å²) in [6, 6.07) is 0.773. The summed E-state index contributed by atoms with van der Waals surface area (Å²) >= 11 is 0. The van der Waals surface area contributed by atoms with Crippen molar-refractivity contribution in [2.24, 2.45) is 0 Å². The molecule has 3 nitrogen and oxygen atoms in total. The quantitative estimate of drug-likeness (QED) is 0.709. The van der Waals surface area contributed by atoms with E-state index >= 15 is 0 Å². The van der Waals surface area contributed by atoms with Gasteiger partial charge in [0.25, 0.3) is 0 Å². The molecule has 2 rings (SSSR count). The second kappa shape index (κ2) is 4.77. The monoisotopic (exact) mass is 253 g/mol. The molecular formula is C15H31N3. The molecule has 2 aliphatic heterocycles. The molecule has 0 N–H and O–H groups in total. The highest BCUT2D eigenvalue weighted by Crippen LogP contribution is 2.37. The minimum atomic E-state index is 0.183. The van der Waals surface area contributed by atoms with Crippen LogP contribution in [0.4, 0.5) is 0 Å². The summed E-state index contributed by atoms with van der Waals surface area (Å²) in [7, 11) is 4.54. The van der Waals surface area contributed by atoms with Gasteiger partial charge < -0.3 is 4.90 Å². The lowest BCUT2D eigenvalue weighted by molar-refractivity contribution is -0.137. The van der Waals surface area contributed by atoms with E-state index < -0.39 is 0 Å². The molecule has 3 heteroatoms. The Morgan fingerprint density at radius 3 is 2.00 bits per heavy atom. The Hall–Kier alpha value is -0.120. The van der Waals surface area contributed by atoms with E-state index in [0.717, 1.165) is 6.04 Å². The predicted octanol–water partition coefficient (Wildman–Crippen LogP) is 2.23. The first-order valence-electron chi connectivity index (χ1n) is 7.44. The number of nitrogens with zero attached hydrogens (tertiary/aromatic N) is 3. The third-order valence-corrected chi connectivity index (χ3v) is 5.53. The Morgan fingerprint density at radius 2 is 1.44 bits per heavy atom. The van der Waals surface area contributed by atoms with Gasteiger partial charge in [-0.3, -0.25) is 9.80 Å². The van der Waals surface area contributed by atoms with Crippen LogP contribution in [0.2, 0.25) is 0 Å². The smallest absolute Gasteiger partial charge is 0.0684 e. The normalized spacial score (nSPS) is 31.7. The number of rotatable bonds is 1. The lowest BCUT2D eigenvalue weighted by Gasteiger charge is -2.59. The molecule has 0 amide bonds. The summed E-state index contributed by atoms with van der Waals surface area (Å²) in [5.74, 6) is 0. The number of likely N-dealkylation sites (tertiary alicyclic amines) is 1. The fourth-order valence-corrected chi connectivity index (χ4v) is 3.70. The van der Waals surface area contributed by atoms with E-state index in [-0.39, 0.29) is 5.66 Å². The van der Waals surface area contributed by atoms with Crippen molar-refractivity contribution < 1.29 is 0 Å². The van der Waals surface area contributed by atoms with Crippen LogP contribution in [-0.4, -0.2) is 65.7 Å². The Kier molecular flexibility index (Phi) is 3.79. The molecule has 0 radical (unpaired) electrons. The lowest BCUT2D eigenvalue weighted by atomic mass is 9.87. The zero-order valence-corrected chi connectivity index (χ0v) is 13.2. The first-order valence-corrected chi connectivity index (χ1v) is 7.44. The molecule has 0 aromatic carbocycles. The molecule has 0 aromatic rings. The van der Waals surface area contributed by atoms with Gasteiger partial charge in [0, 0.05) is 18.1 Å². The third-order valence-electron chi connectivity index (χ3n) is 5.53. The average Bonchev–Trinajstić information content (AvgIpc) is 2.28. The van der Waals surface area contributed by atoms with Gasteiger partial charge in [0.05, 0.1) is 5.66 Å². The van der Waals surface area contributed by atoms with Gasteiger partial charge in [-0.05, 0) is 74.1 Å². The van der Waals surface area contributed by atoms with Crippen LogP contribution in [0.25, 0.3) is 0 Å². The van der Waals surface area contributed by atoms with Crippen LogP contribution in [-0.2, 0) is 0 Å². The highest BCUT2D eigenvalue weighted by molar-refractivity contribution is 4.98. The molecule has 0 saturated carbocycles. The Morgan fingerprint density at radius 1 is 0.889 bits per heavy atom. The van der Waals surface area contributed by atoms with E-state index in [1.165, 1.54) is 38.9 Å². The predicted molar refractivity (Wildman–Crippen MR) is 77.8 cm³/mol. The first-order chi connectivity index (χ1) is 8.25. The Bertz CT molecular complexity index is 290. The minimum Gasteiger partial charge on any atom is -0.306 e. The minimum absolute atomic E-state index is 0.183. The van der Waals surface area contributed by atoms with Crippen LogP contribution < -0.4 is 0 Å². The summed E-state index contributed by atoms with van der Waals surface area (Å²) in [4.78, 5) is 7.79. The summed E-state index contributed by atoms with van der Waals surface area (Å²) in [5, 5.41) is 0. The molecular weight excluding hydrogens is 222 g/mol. The van der Waals surface area contributed by atoms with Crippen molar-refractivity contribution in [3.8, 4) is 0 Å². The van der Waals surface area contributed by atoms with E-state index in [1.54, 1.807) is 0 Å². The average molecular weight is 253 g/mol. The van der Waals surface area contributed by atoms with Gasteiger partial charge in [0.15, 0.2) is 0 Å². The molecule has 2 saturated heterocycles. The van der Waals surface area contributed by atoms with Crippen LogP contribution in [0.1, 0.15) is 47.0 Å². The number of piperidine rings is 1. The maximum atomic E-state index is 2.76. The molecule has 2 aliphatic rings. The number of hydrogen-bond donors (Lipinski definition) is 0. The van der Waals surface area contributed by atoms with Crippen LogP contribution >= 0.6 is 0 Å². The van der Waals surface area contributed by atoms with Crippen molar-refractivity contribution in [2.75, 3.05) is 33.7 Å². The fraction of sp³-hybridized carbons (Fsp3) is 1.00. The van der Waals surface area contributed by atoms with Gasteiger partial charge in [0.2, 0.25) is 0 Å². The molecule has 2 fully saturated rings. The SMILES string of the molecule is CN1CCC(N2CCC(C)(C)N(C)C2(C)C)CC1. The van der Waals surface area contributed by atoms with Gasteiger partial charge in [-0.2, -0.15) is 0 Å². The van der Waals surface area contributed by atoms with E-state index in [1.807, 2.05) is 0 Å². The fourth-order valence-electron chi connectivity index (χ4n) is 3.70. The molecule has 0 aromatic heterocycles. The zero-order chi connectivity index (χ0) is 13.6. The van der Waals surface area contributed by atoms with E-state index in [0.29, 0.717) is 5.54 Å². The second-order valence-electron chi connectivity index (χ2n) is 7.34. The standard InChI is InChI=1S/C15H31N3/c1-14(2)9-12-18(15(3,4)17(14)6)13-7-10-16(5)11-8-13/h13H,7-12H2,1-6H3. The topological polar surface area (TPSA) is 9.72 Å². The maximum absolute atomic E-state index is 2.76. The van der Waals surface area contributed by atoms with E-state index in [9.17, 15) is 0 Å². The molecule has 0 spiro atoms. The van der Waals surface area contributed by atoms with Crippen LogP contribution in [0, 0.1) is 0 Å². The zero-order valence-electron chi connectivity index (χ0n) is 13.2. The number of hydrogen-bond acceptors (Lipinski definition) is 3. The molecule has 0 unspecified atom stereocenters. The first kappa shape index (κ1) is 14.3. The van der Waals surface area contributed by atoms with Gasteiger partial charge in [0.1, 0.15) is 0 Å². The van der Waals surface area contributed by atoms with Crippen molar-refractivity contribution in [1.82, 2.24) is 14.7 Å². The Balaban J connectivity index is 2.10. The third kappa shape index (κ3) is 2.45. The van der Waals surface area contributed by atoms with Gasteiger partial charge >= 0.3 is 0 Å². The van der Waals surface area contributed by atoms with E-state index in [4.69, 9.17) is 0 Å². The summed E-state index contributed by atoms with van der Waals surface area (Å²) in [5.41, 5.74) is 0.508. The largest absolute Gasteiger partial charge is 0.306 e. The summed E-state index contributed by atoms with van der Waals surface area (Å²) in [6.45, 7) is 13.3. The van der Waals surface area contributed by atoms with Crippen molar-refractivity contribution >= 4 is 0 Å². The molecule has 0 atom stereocenters. The maximum Gasteiger partial charge on any atom is 0.0684 e. The summed E-state index contributed by atoms with van der Waals surface area (Å²) < 4.78 is 0. The molecule has 0 aliphatic carbocycles. The Labute approximate surface area is 113 Å². The van der Waals surface area contributed by atoms with Crippen molar-refractivity contribution in [3.05, 3.63) is 0 Å². The second-order valence-corrected chi connectivity index (χ2v) is 7.34. The highest BCUT2D eigenvalue weighted by Gasteiger charge is 2.45. The van der Waals surface area contributed by atoms with Crippen molar-refractivity contribution in [3.63, 3.8) is 0 Å². The van der Waals surface area contributed by atoms with Gasteiger partial charge in [-0.15, -0.1) is 0 Å². The van der Waals surface area contributed by atoms with E-state index in [2.05, 4.69) is 56.5 Å². The van der Waals surface area contributed by atoms with Crippen LogP contribution in [0.3, 0.4) is 0 Å². The molecule has 18 heavy (non-hydrogen) atoms. The van der Waals surface area contributed by atoms with Gasteiger partial charge in [-0.25, -0.2) is 0 Å².